The Bertz CT molecular complexity index is 778. The van der Waals surface area contributed by atoms with Crippen LogP contribution in [0.25, 0.3) is 5.69 Å². The maximum Gasteiger partial charge on any atom is 0.320 e. The molecule has 0 radical (unpaired) electrons. The number of benzene rings is 1. The molecule has 0 aliphatic carbocycles. The molecule has 0 aliphatic rings. The van der Waals surface area contributed by atoms with E-state index in [0.717, 1.165) is 11.4 Å². The first-order valence-electron chi connectivity index (χ1n) is 8.48. The van der Waals surface area contributed by atoms with Crippen LogP contribution in [0.3, 0.4) is 0 Å². The average Bonchev–Trinajstić information content (AvgIpc) is 2.98. The zero-order chi connectivity index (χ0) is 19.5. The van der Waals surface area contributed by atoms with Gasteiger partial charge in [0.2, 0.25) is 5.91 Å². The van der Waals surface area contributed by atoms with Crippen molar-refractivity contribution in [2.24, 2.45) is 0 Å². The van der Waals surface area contributed by atoms with Crippen LogP contribution in [0.5, 0.6) is 0 Å². The molecule has 26 heavy (non-hydrogen) atoms. The first-order chi connectivity index (χ1) is 12.1. The molecule has 0 saturated carbocycles. The van der Waals surface area contributed by atoms with Gasteiger partial charge >= 0.3 is 5.97 Å². The fraction of sp³-hybridized carbons (Fsp3) is 0.421. The monoisotopic (exact) mass is 358 g/mol. The Balaban J connectivity index is 2.26. The van der Waals surface area contributed by atoms with Gasteiger partial charge in [-0.3, -0.25) is 14.5 Å². The number of anilines is 1. The highest BCUT2D eigenvalue weighted by Gasteiger charge is 2.23. The van der Waals surface area contributed by atoms with Gasteiger partial charge in [0.25, 0.3) is 0 Å². The number of para-hydroxylation sites is 1. The number of hydrogen-bond donors (Lipinski definition) is 2. The minimum atomic E-state index is -0.968. The van der Waals surface area contributed by atoms with E-state index in [9.17, 15) is 9.59 Å². The molecule has 1 aromatic heterocycles. The highest BCUT2D eigenvalue weighted by Crippen LogP contribution is 2.26. The van der Waals surface area contributed by atoms with Gasteiger partial charge < -0.3 is 10.4 Å². The second kappa shape index (κ2) is 7.70. The Hall–Kier alpha value is -2.67. The number of hydrogen-bond acceptors (Lipinski definition) is 4. The number of carboxylic acid groups (broad SMARTS) is 1. The summed E-state index contributed by atoms with van der Waals surface area (Å²) in [6.45, 7) is 7.68. The van der Waals surface area contributed by atoms with Crippen LogP contribution in [0.4, 0.5) is 5.82 Å². The summed E-state index contributed by atoms with van der Waals surface area (Å²) in [5, 5.41) is 16.5. The highest BCUT2D eigenvalue weighted by atomic mass is 16.4. The van der Waals surface area contributed by atoms with E-state index in [-0.39, 0.29) is 17.9 Å². The summed E-state index contributed by atoms with van der Waals surface area (Å²) >= 11 is 0. The second-order valence-electron chi connectivity index (χ2n) is 7.39. The largest absolute Gasteiger partial charge is 0.480 e. The maximum absolute atomic E-state index is 12.4. The third-order valence-electron chi connectivity index (χ3n) is 4.16. The summed E-state index contributed by atoms with van der Waals surface area (Å²) in [6.07, 6.45) is 0. The fourth-order valence-corrected chi connectivity index (χ4v) is 2.34. The van der Waals surface area contributed by atoms with Crippen molar-refractivity contribution in [3.05, 3.63) is 42.1 Å². The van der Waals surface area contributed by atoms with E-state index < -0.39 is 12.0 Å². The van der Waals surface area contributed by atoms with Crippen LogP contribution in [0.1, 0.15) is 33.4 Å². The molecular formula is C19H26N4O3. The van der Waals surface area contributed by atoms with E-state index in [1.54, 1.807) is 18.7 Å². The van der Waals surface area contributed by atoms with E-state index in [4.69, 9.17) is 5.11 Å². The number of carbonyl (C=O) groups excluding carboxylic acids is 1. The number of carbonyl (C=O) groups is 2. The third kappa shape index (κ3) is 4.70. The number of nitrogens with one attached hydrogen (secondary N) is 1. The predicted octanol–water partition coefficient (Wildman–Crippen LogP) is 2.51. The summed E-state index contributed by atoms with van der Waals surface area (Å²) < 4.78 is 1.69. The van der Waals surface area contributed by atoms with E-state index in [1.165, 1.54) is 4.90 Å². The van der Waals surface area contributed by atoms with E-state index in [1.807, 2.05) is 36.4 Å². The summed E-state index contributed by atoms with van der Waals surface area (Å²) in [5.74, 6) is -0.703. The molecule has 2 rings (SSSR count). The summed E-state index contributed by atoms with van der Waals surface area (Å²) in [4.78, 5) is 24.9. The minimum absolute atomic E-state index is 0.0295. The lowest BCUT2D eigenvalue weighted by Crippen LogP contribution is -2.40. The number of carboxylic acids is 1. The number of amides is 1. The van der Waals surface area contributed by atoms with Crippen molar-refractivity contribution >= 4 is 17.7 Å². The molecule has 1 unspecified atom stereocenters. The number of rotatable bonds is 6. The molecule has 7 nitrogen and oxygen atoms in total. The Kier molecular flexibility index (Phi) is 5.82. The Morgan fingerprint density at radius 2 is 1.88 bits per heavy atom. The van der Waals surface area contributed by atoms with Crippen molar-refractivity contribution in [2.45, 2.75) is 39.2 Å². The normalized spacial score (nSPS) is 12.8. The van der Waals surface area contributed by atoms with Gasteiger partial charge in [-0.15, -0.1) is 0 Å². The lowest BCUT2D eigenvalue weighted by molar-refractivity contribution is -0.142. The number of nitrogens with zero attached hydrogens (tertiary/aromatic N) is 3. The zero-order valence-electron chi connectivity index (χ0n) is 15.9. The maximum atomic E-state index is 12.4. The van der Waals surface area contributed by atoms with Gasteiger partial charge in [0.1, 0.15) is 11.9 Å². The summed E-state index contributed by atoms with van der Waals surface area (Å²) in [7, 11) is 1.60. The second-order valence-corrected chi connectivity index (χ2v) is 7.39. The van der Waals surface area contributed by atoms with Crippen molar-refractivity contribution in [3.8, 4) is 5.69 Å². The smallest absolute Gasteiger partial charge is 0.320 e. The molecular weight excluding hydrogens is 332 g/mol. The molecule has 2 N–H and O–H groups in total. The molecule has 1 heterocycles. The van der Waals surface area contributed by atoms with E-state index in [2.05, 4.69) is 31.2 Å². The molecule has 1 amide bonds. The first kappa shape index (κ1) is 19.7. The summed E-state index contributed by atoms with van der Waals surface area (Å²) in [6, 6.07) is 10.7. The van der Waals surface area contributed by atoms with Gasteiger partial charge in [0.15, 0.2) is 0 Å². The molecule has 0 spiro atoms. The SMILES string of the molecule is CC(C(=O)O)N(C)CC(=O)Nc1cc(C(C)(C)C)nn1-c1ccccc1. The van der Waals surface area contributed by atoms with Crippen molar-refractivity contribution < 1.29 is 14.7 Å². The van der Waals surface area contributed by atoms with Crippen LogP contribution >= 0.6 is 0 Å². The van der Waals surface area contributed by atoms with Crippen LogP contribution in [-0.2, 0) is 15.0 Å². The number of likely N-dealkylation sites (N-methyl/N-ethyl adjacent to an activating group) is 1. The van der Waals surface area contributed by atoms with Crippen LogP contribution < -0.4 is 5.32 Å². The van der Waals surface area contributed by atoms with Gasteiger partial charge in [-0.2, -0.15) is 5.10 Å². The fourth-order valence-electron chi connectivity index (χ4n) is 2.34. The molecule has 0 saturated heterocycles. The third-order valence-corrected chi connectivity index (χ3v) is 4.16. The highest BCUT2D eigenvalue weighted by molar-refractivity contribution is 5.92. The molecule has 1 aromatic carbocycles. The van der Waals surface area contributed by atoms with Gasteiger partial charge in [0, 0.05) is 11.5 Å². The summed E-state index contributed by atoms with van der Waals surface area (Å²) in [5.41, 5.74) is 1.52. The standard InChI is InChI=1S/C19H26N4O3/c1-13(18(25)26)22(5)12-17(24)20-16-11-15(19(2,3)4)21-23(16)14-9-7-6-8-10-14/h6-11,13H,12H2,1-5H3,(H,20,24)(H,25,26). The predicted molar refractivity (Wildman–Crippen MR) is 101 cm³/mol. The number of aromatic nitrogens is 2. The van der Waals surface area contributed by atoms with Gasteiger partial charge in [-0.1, -0.05) is 39.0 Å². The quantitative estimate of drug-likeness (QED) is 0.828. The van der Waals surface area contributed by atoms with Crippen molar-refractivity contribution in [2.75, 3.05) is 18.9 Å². The molecule has 140 valence electrons. The molecule has 7 heteroatoms. The van der Waals surface area contributed by atoms with Crippen LogP contribution in [-0.4, -0.2) is 51.3 Å². The Morgan fingerprint density at radius 3 is 2.42 bits per heavy atom. The van der Waals surface area contributed by atoms with Crippen LogP contribution in [0.2, 0.25) is 0 Å². The van der Waals surface area contributed by atoms with Gasteiger partial charge in [-0.05, 0) is 26.1 Å². The van der Waals surface area contributed by atoms with Crippen molar-refractivity contribution in [3.63, 3.8) is 0 Å². The van der Waals surface area contributed by atoms with Crippen molar-refractivity contribution in [1.82, 2.24) is 14.7 Å². The number of aliphatic carboxylic acids is 1. The van der Waals surface area contributed by atoms with Gasteiger partial charge in [0.05, 0.1) is 17.9 Å². The van der Waals surface area contributed by atoms with E-state index >= 15 is 0 Å². The lowest BCUT2D eigenvalue weighted by Gasteiger charge is -2.20. The zero-order valence-corrected chi connectivity index (χ0v) is 15.9. The van der Waals surface area contributed by atoms with Crippen LogP contribution in [0.15, 0.2) is 36.4 Å². The van der Waals surface area contributed by atoms with Gasteiger partial charge in [-0.25, -0.2) is 4.68 Å². The topological polar surface area (TPSA) is 87.5 Å². The average molecular weight is 358 g/mol. The molecule has 0 bridgehead atoms. The minimum Gasteiger partial charge on any atom is -0.480 e. The Labute approximate surface area is 153 Å². The molecule has 1 atom stereocenters. The molecule has 0 fully saturated rings. The Morgan fingerprint density at radius 1 is 1.27 bits per heavy atom. The van der Waals surface area contributed by atoms with Crippen molar-refractivity contribution in [1.29, 1.82) is 0 Å². The lowest BCUT2D eigenvalue weighted by atomic mass is 9.92. The molecule has 0 aliphatic heterocycles. The van der Waals surface area contributed by atoms with Crippen LogP contribution in [0, 0.1) is 0 Å². The first-order valence-corrected chi connectivity index (χ1v) is 8.48. The van der Waals surface area contributed by atoms with E-state index in [0.29, 0.717) is 5.82 Å². The molecule has 2 aromatic rings.